The lowest BCUT2D eigenvalue weighted by molar-refractivity contribution is 0.0633. The van der Waals surface area contributed by atoms with Gasteiger partial charge >= 0.3 is 0 Å². The zero-order valence-corrected chi connectivity index (χ0v) is 14.3. The summed E-state index contributed by atoms with van der Waals surface area (Å²) in [6, 6.07) is 11.6. The molecule has 2 heterocycles. The van der Waals surface area contributed by atoms with Gasteiger partial charge in [0.1, 0.15) is 11.6 Å². The van der Waals surface area contributed by atoms with Crippen LogP contribution in [0.3, 0.4) is 0 Å². The summed E-state index contributed by atoms with van der Waals surface area (Å²) in [5, 5.41) is 0. The highest BCUT2D eigenvalue weighted by molar-refractivity contribution is 5.97. The van der Waals surface area contributed by atoms with E-state index in [1.54, 1.807) is 18.5 Å². The zero-order valence-electron chi connectivity index (χ0n) is 14.3. The van der Waals surface area contributed by atoms with Crippen LogP contribution in [-0.2, 0) is 0 Å². The van der Waals surface area contributed by atoms with Crippen molar-refractivity contribution in [3.8, 4) is 5.75 Å². The van der Waals surface area contributed by atoms with E-state index in [1.165, 1.54) is 12.1 Å². The fourth-order valence-corrected chi connectivity index (χ4v) is 3.38. The van der Waals surface area contributed by atoms with Crippen LogP contribution in [0.5, 0.6) is 5.75 Å². The number of rotatable bonds is 4. The van der Waals surface area contributed by atoms with Gasteiger partial charge in [-0.25, -0.2) is 9.37 Å². The van der Waals surface area contributed by atoms with Crippen molar-refractivity contribution in [2.24, 2.45) is 5.92 Å². The lowest BCUT2D eigenvalue weighted by atomic mass is 9.98. The Bertz CT molecular complexity index is 907. The molecule has 0 saturated carbocycles. The maximum Gasteiger partial charge on any atom is 0.253 e. The molecular weight excluding hydrogens is 333 g/mol. The Kier molecular flexibility index (Phi) is 4.56. The van der Waals surface area contributed by atoms with Crippen LogP contribution >= 0.6 is 0 Å². The van der Waals surface area contributed by atoms with E-state index in [1.807, 2.05) is 23.1 Å². The molecule has 3 aromatic rings. The maximum absolute atomic E-state index is 13.0. The second kappa shape index (κ2) is 7.15. The molecule has 0 aliphatic carbocycles. The number of nitrogens with one attached hydrogen (secondary N) is 1. The molecule has 1 unspecified atom stereocenters. The van der Waals surface area contributed by atoms with Gasteiger partial charge in [-0.15, -0.1) is 0 Å². The molecule has 26 heavy (non-hydrogen) atoms. The summed E-state index contributed by atoms with van der Waals surface area (Å²) >= 11 is 0. The number of hydrogen-bond acceptors (Lipinski definition) is 3. The largest absolute Gasteiger partial charge is 0.493 e. The van der Waals surface area contributed by atoms with Crippen LogP contribution in [0.2, 0.25) is 0 Å². The molecule has 0 spiro atoms. The van der Waals surface area contributed by atoms with Gasteiger partial charge in [0.25, 0.3) is 5.91 Å². The quantitative estimate of drug-likeness (QED) is 0.779. The van der Waals surface area contributed by atoms with Crippen LogP contribution in [-0.4, -0.2) is 40.5 Å². The second-order valence-corrected chi connectivity index (χ2v) is 6.66. The number of carbonyl (C=O) groups is 1. The van der Waals surface area contributed by atoms with Gasteiger partial charge in [-0.05, 0) is 55.3 Å². The van der Waals surface area contributed by atoms with Crippen molar-refractivity contribution in [2.75, 3.05) is 19.7 Å². The van der Waals surface area contributed by atoms with Crippen LogP contribution in [0.4, 0.5) is 4.39 Å². The van der Waals surface area contributed by atoms with Crippen molar-refractivity contribution < 1.29 is 13.9 Å². The maximum atomic E-state index is 13.0. The molecule has 1 aromatic heterocycles. The molecule has 1 fully saturated rings. The van der Waals surface area contributed by atoms with Gasteiger partial charge in [0, 0.05) is 24.6 Å². The predicted molar refractivity (Wildman–Crippen MR) is 96.6 cm³/mol. The number of ether oxygens (including phenoxy) is 1. The first kappa shape index (κ1) is 16.6. The molecule has 134 valence electrons. The summed E-state index contributed by atoms with van der Waals surface area (Å²) in [6.07, 6.45) is 3.60. The molecule has 5 nitrogen and oxygen atoms in total. The summed E-state index contributed by atoms with van der Waals surface area (Å²) in [6.45, 7) is 1.95. The fourth-order valence-electron chi connectivity index (χ4n) is 3.38. The van der Waals surface area contributed by atoms with Crippen molar-refractivity contribution in [3.63, 3.8) is 0 Å². The summed E-state index contributed by atoms with van der Waals surface area (Å²) in [5.41, 5.74) is 2.39. The first-order chi connectivity index (χ1) is 12.7. The molecule has 6 heteroatoms. The highest BCUT2D eigenvalue weighted by atomic mass is 19.1. The smallest absolute Gasteiger partial charge is 0.253 e. The topological polar surface area (TPSA) is 58.2 Å². The van der Waals surface area contributed by atoms with E-state index in [-0.39, 0.29) is 17.6 Å². The van der Waals surface area contributed by atoms with Crippen LogP contribution in [0.1, 0.15) is 23.2 Å². The number of fused-ring (bicyclic) bond motifs is 1. The summed E-state index contributed by atoms with van der Waals surface area (Å²) < 4.78 is 18.7. The summed E-state index contributed by atoms with van der Waals surface area (Å²) in [5.74, 6) is 0.683. The van der Waals surface area contributed by atoms with Gasteiger partial charge in [0.15, 0.2) is 0 Å². The number of likely N-dealkylation sites (tertiary alicyclic amines) is 1. The molecule has 1 atom stereocenters. The van der Waals surface area contributed by atoms with Gasteiger partial charge in [0.05, 0.1) is 24.0 Å². The minimum Gasteiger partial charge on any atom is -0.493 e. The number of halogens is 1. The Labute approximate surface area is 150 Å². The van der Waals surface area contributed by atoms with E-state index in [4.69, 9.17) is 4.74 Å². The highest BCUT2D eigenvalue weighted by Gasteiger charge is 2.25. The first-order valence-electron chi connectivity index (χ1n) is 8.80. The molecular formula is C20H20FN3O2. The van der Waals surface area contributed by atoms with Gasteiger partial charge in [-0.2, -0.15) is 0 Å². The van der Waals surface area contributed by atoms with Crippen molar-refractivity contribution in [3.05, 3.63) is 60.2 Å². The van der Waals surface area contributed by atoms with E-state index >= 15 is 0 Å². The number of aromatic amines is 1. The molecule has 0 radical (unpaired) electrons. The number of benzene rings is 2. The number of piperidine rings is 1. The van der Waals surface area contributed by atoms with Crippen LogP contribution in [0.15, 0.2) is 48.8 Å². The highest BCUT2D eigenvalue weighted by Crippen LogP contribution is 2.21. The molecule has 1 saturated heterocycles. The van der Waals surface area contributed by atoms with Crippen LogP contribution in [0.25, 0.3) is 11.0 Å². The molecule has 1 amide bonds. The average molecular weight is 353 g/mol. The molecule has 4 rings (SSSR count). The average Bonchev–Trinajstić information content (AvgIpc) is 3.15. The van der Waals surface area contributed by atoms with E-state index in [2.05, 4.69) is 9.97 Å². The van der Waals surface area contributed by atoms with Crippen molar-refractivity contribution in [1.82, 2.24) is 14.9 Å². The van der Waals surface area contributed by atoms with Gasteiger partial charge in [0.2, 0.25) is 0 Å². The normalized spacial score (nSPS) is 17.4. The SMILES string of the molecule is O=C(c1ccc2nc[nH]c2c1)N1CCCC(COc2ccc(F)cc2)C1. The lowest BCUT2D eigenvalue weighted by Crippen LogP contribution is -2.41. The Morgan fingerprint density at radius 2 is 2.12 bits per heavy atom. The van der Waals surface area contributed by atoms with E-state index < -0.39 is 0 Å². The summed E-state index contributed by atoms with van der Waals surface area (Å²) in [7, 11) is 0. The minimum absolute atomic E-state index is 0.0352. The van der Waals surface area contributed by atoms with Crippen molar-refractivity contribution in [2.45, 2.75) is 12.8 Å². The first-order valence-corrected chi connectivity index (χ1v) is 8.80. The molecule has 1 N–H and O–H groups in total. The minimum atomic E-state index is -0.277. The van der Waals surface area contributed by atoms with E-state index in [0.717, 1.165) is 30.4 Å². The Morgan fingerprint density at radius 1 is 1.27 bits per heavy atom. The molecule has 1 aliphatic heterocycles. The number of imidazole rings is 1. The zero-order chi connectivity index (χ0) is 17.9. The fraction of sp³-hybridized carbons (Fsp3) is 0.300. The number of nitrogens with zero attached hydrogens (tertiary/aromatic N) is 2. The number of amides is 1. The third-order valence-electron chi connectivity index (χ3n) is 4.77. The Hall–Kier alpha value is -2.89. The van der Waals surface area contributed by atoms with Crippen LogP contribution in [0, 0.1) is 11.7 Å². The van der Waals surface area contributed by atoms with Gasteiger partial charge < -0.3 is 14.6 Å². The number of carbonyl (C=O) groups excluding carboxylic acids is 1. The molecule has 1 aliphatic rings. The second-order valence-electron chi connectivity index (χ2n) is 6.66. The monoisotopic (exact) mass is 353 g/mol. The molecule has 0 bridgehead atoms. The third kappa shape index (κ3) is 3.54. The standard InChI is InChI=1S/C20H20FN3O2/c21-16-4-6-17(7-5-16)26-12-14-2-1-9-24(11-14)20(25)15-3-8-18-19(10-15)23-13-22-18/h3-8,10,13-14H,1-2,9,11-12H2,(H,22,23). The van der Waals surface area contributed by atoms with Crippen LogP contribution < -0.4 is 4.74 Å². The van der Waals surface area contributed by atoms with Crippen molar-refractivity contribution in [1.29, 1.82) is 0 Å². The Balaban J connectivity index is 1.39. The van der Waals surface area contributed by atoms with E-state index in [9.17, 15) is 9.18 Å². The number of hydrogen-bond donors (Lipinski definition) is 1. The van der Waals surface area contributed by atoms with Gasteiger partial charge in [-0.3, -0.25) is 4.79 Å². The number of aromatic nitrogens is 2. The van der Waals surface area contributed by atoms with E-state index in [0.29, 0.717) is 24.5 Å². The van der Waals surface area contributed by atoms with Gasteiger partial charge in [-0.1, -0.05) is 0 Å². The van der Waals surface area contributed by atoms with Crippen molar-refractivity contribution >= 4 is 16.9 Å². The summed E-state index contributed by atoms with van der Waals surface area (Å²) in [4.78, 5) is 21.9. The predicted octanol–water partition coefficient (Wildman–Crippen LogP) is 3.63. The Morgan fingerprint density at radius 3 is 2.96 bits per heavy atom. The lowest BCUT2D eigenvalue weighted by Gasteiger charge is -2.32. The third-order valence-corrected chi connectivity index (χ3v) is 4.77. The molecule has 2 aromatic carbocycles. The number of H-pyrrole nitrogens is 1.